The molecule has 0 aliphatic heterocycles. The molecule has 122 valence electrons. The number of hydrogen-bond donors (Lipinski definition) is 1. The molecule has 2 N–H and O–H groups in total. The van der Waals surface area contributed by atoms with Crippen LogP contribution in [0.5, 0.6) is 0 Å². The highest BCUT2D eigenvalue weighted by atomic mass is 16.1. The lowest BCUT2D eigenvalue weighted by Crippen LogP contribution is -2.40. The maximum atomic E-state index is 12.9. The van der Waals surface area contributed by atoms with E-state index in [1.807, 2.05) is 20.8 Å². The zero-order valence-corrected chi connectivity index (χ0v) is 14.3. The standard InChI is InChI=1S/C18H33NO2/c1-5-6-11-14(17(19)21)15(16(20)18(2,3)4)12-13-9-7-8-10-13/h13-15H,5-12H2,1-4H3,(H2,19,21)/t14-,15+/m0/s1. The molecule has 0 unspecified atom stereocenters. The fourth-order valence-electron chi connectivity index (χ4n) is 3.58. The van der Waals surface area contributed by atoms with E-state index in [0.717, 1.165) is 25.7 Å². The second-order valence-corrected chi connectivity index (χ2v) is 7.76. The summed E-state index contributed by atoms with van der Waals surface area (Å²) in [6, 6.07) is 0. The van der Waals surface area contributed by atoms with Crippen LogP contribution >= 0.6 is 0 Å². The van der Waals surface area contributed by atoms with E-state index in [4.69, 9.17) is 5.73 Å². The molecule has 0 heterocycles. The second kappa shape index (κ2) is 7.95. The summed E-state index contributed by atoms with van der Waals surface area (Å²) < 4.78 is 0. The summed E-state index contributed by atoms with van der Waals surface area (Å²) >= 11 is 0. The summed E-state index contributed by atoms with van der Waals surface area (Å²) in [4.78, 5) is 24.8. The van der Waals surface area contributed by atoms with Crippen molar-refractivity contribution in [2.24, 2.45) is 28.9 Å². The van der Waals surface area contributed by atoms with Crippen molar-refractivity contribution in [2.75, 3.05) is 0 Å². The van der Waals surface area contributed by atoms with Crippen molar-refractivity contribution in [3.05, 3.63) is 0 Å². The van der Waals surface area contributed by atoms with Gasteiger partial charge in [-0.15, -0.1) is 0 Å². The smallest absolute Gasteiger partial charge is 0.221 e. The van der Waals surface area contributed by atoms with Gasteiger partial charge in [0.15, 0.2) is 0 Å². The highest BCUT2D eigenvalue weighted by Gasteiger charge is 2.38. The molecule has 1 saturated carbocycles. The van der Waals surface area contributed by atoms with E-state index in [-0.39, 0.29) is 23.5 Å². The van der Waals surface area contributed by atoms with E-state index in [1.165, 1.54) is 25.7 Å². The third-order valence-electron chi connectivity index (χ3n) is 4.86. The average Bonchev–Trinajstić information content (AvgIpc) is 2.88. The van der Waals surface area contributed by atoms with Crippen molar-refractivity contribution in [2.45, 2.75) is 79.1 Å². The summed E-state index contributed by atoms with van der Waals surface area (Å²) in [7, 11) is 0. The Labute approximate surface area is 130 Å². The molecule has 3 nitrogen and oxygen atoms in total. The maximum absolute atomic E-state index is 12.9. The SMILES string of the molecule is CCCC[C@H](C(N)=O)[C@@H](CC1CCCC1)C(=O)C(C)(C)C. The van der Waals surface area contributed by atoms with Gasteiger partial charge in [0.2, 0.25) is 5.91 Å². The predicted octanol–water partition coefficient (Wildman–Crippen LogP) is 4.09. The molecule has 1 fully saturated rings. The molecule has 1 aliphatic rings. The number of ketones is 1. The summed E-state index contributed by atoms with van der Waals surface area (Å²) in [5.74, 6) is 0.0672. The van der Waals surface area contributed by atoms with Gasteiger partial charge in [0.25, 0.3) is 0 Å². The van der Waals surface area contributed by atoms with Crippen LogP contribution in [0.2, 0.25) is 0 Å². The largest absolute Gasteiger partial charge is 0.369 e. The molecule has 1 amide bonds. The van der Waals surface area contributed by atoms with Gasteiger partial charge in [-0.25, -0.2) is 0 Å². The molecule has 0 saturated heterocycles. The molecule has 2 atom stereocenters. The van der Waals surface area contributed by atoms with Gasteiger partial charge in [-0.3, -0.25) is 9.59 Å². The lowest BCUT2D eigenvalue weighted by atomic mass is 9.71. The minimum absolute atomic E-state index is 0.183. The van der Waals surface area contributed by atoms with Gasteiger partial charge in [-0.2, -0.15) is 0 Å². The Kier molecular flexibility index (Phi) is 6.89. The summed E-state index contributed by atoms with van der Waals surface area (Å²) in [6.07, 6.45) is 8.53. The van der Waals surface area contributed by atoms with E-state index in [9.17, 15) is 9.59 Å². The normalized spacial score (nSPS) is 19.4. The van der Waals surface area contributed by atoms with E-state index in [1.54, 1.807) is 0 Å². The molecule has 21 heavy (non-hydrogen) atoms. The molecule has 0 aromatic rings. The van der Waals surface area contributed by atoms with Crippen molar-refractivity contribution in [1.82, 2.24) is 0 Å². The molecular formula is C18H33NO2. The predicted molar refractivity (Wildman–Crippen MR) is 86.7 cm³/mol. The van der Waals surface area contributed by atoms with Gasteiger partial charge in [0, 0.05) is 17.3 Å². The number of hydrogen-bond acceptors (Lipinski definition) is 2. The molecule has 0 aromatic carbocycles. The Morgan fingerprint density at radius 1 is 1.14 bits per heavy atom. The Morgan fingerprint density at radius 2 is 1.71 bits per heavy atom. The maximum Gasteiger partial charge on any atom is 0.221 e. The van der Waals surface area contributed by atoms with Crippen LogP contribution in [-0.2, 0) is 9.59 Å². The summed E-state index contributed by atoms with van der Waals surface area (Å²) in [5.41, 5.74) is 5.24. The van der Waals surface area contributed by atoms with Crippen molar-refractivity contribution < 1.29 is 9.59 Å². The zero-order valence-electron chi connectivity index (χ0n) is 14.3. The number of Topliss-reactive ketones (excluding diaryl/α,β-unsaturated/α-hetero) is 1. The van der Waals surface area contributed by atoms with Crippen LogP contribution in [-0.4, -0.2) is 11.7 Å². The molecule has 3 heteroatoms. The van der Waals surface area contributed by atoms with Crippen molar-refractivity contribution in [3.63, 3.8) is 0 Å². The van der Waals surface area contributed by atoms with E-state index in [2.05, 4.69) is 6.92 Å². The van der Waals surface area contributed by atoms with Gasteiger partial charge in [0.05, 0.1) is 0 Å². The zero-order chi connectivity index (χ0) is 16.0. The molecule has 0 aromatic heterocycles. The molecule has 0 spiro atoms. The van der Waals surface area contributed by atoms with Crippen LogP contribution in [0.25, 0.3) is 0 Å². The van der Waals surface area contributed by atoms with E-state index >= 15 is 0 Å². The third kappa shape index (κ3) is 5.44. The molecule has 1 rings (SSSR count). The van der Waals surface area contributed by atoms with Gasteiger partial charge >= 0.3 is 0 Å². The van der Waals surface area contributed by atoms with Crippen LogP contribution in [0.15, 0.2) is 0 Å². The van der Waals surface area contributed by atoms with E-state index < -0.39 is 5.41 Å². The fourth-order valence-corrected chi connectivity index (χ4v) is 3.58. The third-order valence-corrected chi connectivity index (χ3v) is 4.86. The number of unbranched alkanes of at least 4 members (excludes halogenated alkanes) is 1. The Bertz CT molecular complexity index is 351. The number of primary amides is 1. The van der Waals surface area contributed by atoms with Gasteiger partial charge < -0.3 is 5.73 Å². The van der Waals surface area contributed by atoms with Crippen LogP contribution in [0, 0.1) is 23.2 Å². The monoisotopic (exact) mass is 295 g/mol. The van der Waals surface area contributed by atoms with E-state index in [0.29, 0.717) is 5.92 Å². The average molecular weight is 295 g/mol. The second-order valence-electron chi connectivity index (χ2n) is 7.76. The quantitative estimate of drug-likeness (QED) is 0.733. The van der Waals surface area contributed by atoms with Crippen molar-refractivity contribution in [1.29, 1.82) is 0 Å². The Balaban J connectivity index is 2.90. The topological polar surface area (TPSA) is 60.2 Å². The Hall–Kier alpha value is -0.860. The number of nitrogens with two attached hydrogens (primary N) is 1. The highest BCUT2D eigenvalue weighted by molar-refractivity contribution is 5.91. The molecule has 0 radical (unpaired) electrons. The van der Waals surface area contributed by atoms with Crippen molar-refractivity contribution >= 4 is 11.7 Å². The number of rotatable bonds is 8. The van der Waals surface area contributed by atoms with Crippen LogP contribution < -0.4 is 5.73 Å². The summed E-state index contributed by atoms with van der Waals surface area (Å²) in [6.45, 7) is 7.97. The lowest BCUT2D eigenvalue weighted by molar-refractivity contribution is -0.138. The lowest BCUT2D eigenvalue weighted by Gasteiger charge is -2.31. The van der Waals surface area contributed by atoms with Gasteiger partial charge in [0.1, 0.15) is 5.78 Å². The summed E-state index contributed by atoms with van der Waals surface area (Å²) in [5, 5.41) is 0. The van der Waals surface area contributed by atoms with Gasteiger partial charge in [-0.05, 0) is 18.8 Å². The van der Waals surface area contributed by atoms with Gasteiger partial charge in [-0.1, -0.05) is 66.2 Å². The first-order valence-corrected chi connectivity index (χ1v) is 8.61. The van der Waals surface area contributed by atoms with Crippen LogP contribution in [0.3, 0.4) is 0 Å². The molecule has 0 bridgehead atoms. The first-order valence-electron chi connectivity index (χ1n) is 8.61. The fraction of sp³-hybridized carbons (Fsp3) is 0.889. The molecule has 1 aliphatic carbocycles. The number of carbonyl (C=O) groups excluding carboxylic acids is 2. The Morgan fingerprint density at radius 3 is 2.14 bits per heavy atom. The minimum atomic E-state index is -0.400. The van der Waals surface area contributed by atoms with Crippen LogP contribution in [0.1, 0.15) is 79.1 Å². The molecular weight excluding hydrogens is 262 g/mol. The first-order chi connectivity index (χ1) is 9.77. The highest BCUT2D eigenvalue weighted by Crippen LogP contribution is 2.37. The van der Waals surface area contributed by atoms with Crippen LogP contribution in [0.4, 0.5) is 0 Å². The van der Waals surface area contributed by atoms with Crippen molar-refractivity contribution in [3.8, 4) is 0 Å². The number of carbonyl (C=O) groups is 2. The first kappa shape index (κ1) is 18.2. The number of amides is 1. The minimum Gasteiger partial charge on any atom is -0.369 e.